The summed E-state index contributed by atoms with van der Waals surface area (Å²) in [4.78, 5) is 16.0. The lowest BCUT2D eigenvalue weighted by molar-refractivity contribution is -0.121. The predicted molar refractivity (Wildman–Crippen MR) is 94.7 cm³/mol. The molecule has 0 saturated heterocycles. The van der Waals surface area contributed by atoms with E-state index in [-0.39, 0.29) is 29.9 Å². The van der Waals surface area contributed by atoms with E-state index < -0.39 is 0 Å². The summed E-state index contributed by atoms with van der Waals surface area (Å²) in [5.41, 5.74) is 0. The lowest BCUT2D eigenvalue weighted by Crippen LogP contribution is -2.42. The number of nitrogens with one attached hydrogen (secondary N) is 3. The van der Waals surface area contributed by atoms with Crippen molar-refractivity contribution in [2.24, 2.45) is 4.99 Å². The maximum absolute atomic E-state index is 11.5. The van der Waals surface area contributed by atoms with E-state index in [0.717, 1.165) is 38.2 Å². The number of nitrogens with zero attached hydrogens (tertiary/aromatic N) is 1. The van der Waals surface area contributed by atoms with E-state index in [1.165, 1.54) is 0 Å². The SMILES string of the molecule is CCNC(=NCCCC(=O)NC1CC1)NC(C)CC.I. The minimum Gasteiger partial charge on any atom is -0.357 e. The number of guanidine groups is 1. The highest BCUT2D eigenvalue weighted by Crippen LogP contribution is 2.18. The third kappa shape index (κ3) is 9.39. The van der Waals surface area contributed by atoms with Gasteiger partial charge in [-0.25, -0.2) is 0 Å². The molecule has 1 aliphatic carbocycles. The molecule has 1 atom stereocenters. The number of amides is 1. The molecule has 0 aromatic heterocycles. The molecule has 1 amide bonds. The Balaban J connectivity index is 0.00000361. The molecule has 0 radical (unpaired) electrons. The molecular formula is C14H29IN4O. The molecular weight excluding hydrogens is 367 g/mol. The Morgan fingerprint density at radius 1 is 1.35 bits per heavy atom. The molecule has 0 aromatic rings. The zero-order valence-electron chi connectivity index (χ0n) is 12.9. The highest BCUT2D eigenvalue weighted by atomic mass is 127. The molecule has 5 nitrogen and oxygen atoms in total. The number of aliphatic imine (C=N–C) groups is 1. The Kier molecular flexibility index (Phi) is 10.9. The number of rotatable bonds is 8. The summed E-state index contributed by atoms with van der Waals surface area (Å²) < 4.78 is 0. The van der Waals surface area contributed by atoms with Gasteiger partial charge in [-0.1, -0.05) is 6.92 Å². The van der Waals surface area contributed by atoms with E-state index in [9.17, 15) is 4.79 Å². The van der Waals surface area contributed by atoms with Gasteiger partial charge >= 0.3 is 0 Å². The Hall–Kier alpha value is -0.530. The van der Waals surface area contributed by atoms with Crippen molar-refractivity contribution < 1.29 is 4.79 Å². The fourth-order valence-corrected chi connectivity index (χ4v) is 1.61. The maximum atomic E-state index is 11.5. The van der Waals surface area contributed by atoms with Crippen molar-refractivity contribution in [1.82, 2.24) is 16.0 Å². The van der Waals surface area contributed by atoms with Crippen LogP contribution < -0.4 is 16.0 Å². The van der Waals surface area contributed by atoms with E-state index in [1.54, 1.807) is 0 Å². The van der Waals surface area contributed by atoms with Gasteiger partial charge < -0.3 is 16.0 Å². The first-order valence-corrected chi connectivity index (χ1v) is 7.49. The highest BCUT2D eigenvalue weighted by Gasteiger charge is 2.22. The summed E-state index contributed by atoms with van der Waals surface area (Å²) in [7, 11) is 0. The molecule has 0 heterocycles. The average Bonchev–Trinajstić information content (AvgIpc) is 3.18. The molecule has 20 heavy (non-hydrogen) atoms. The smallest absolute Gasteiger partial charge is 0.220 e. The summed E-state index contributed by atoms with van der Waals surface area (Å²) >= 11 is 0. The van der Waals surface area contributed by atoms with Crippen LogP contribution in [0.4, 0.5) is 0 Å². The summed E-state index contributed by atoms with van der Waals surface area (Å²) in [5.74, 6) is 1.01. The van der Waals surface area contributed by atoms with Crippen LogP contribution in [0.15, 0.2) is 4.99 Å². The molecule has 0 bridgehead atoms. The summed E-state index contributed by atoms with van der Waals surface area (Å²) in [6.45, 7) is 7.87. The fraction of sp³-hybridized carbons (Fsp3) is 0.857. The van der Waals surface area contributed by atoms with Gasteiger partial charge in [0, 0.05) is 31.6 Å². The van der Waals surface area contributed by atoms with Crippen LogP contribution in [0.5, 0.6) is 0 Å². The minimum absolute atomic E-state index is 0. The molecule has 6 heteroatoms. The first kappa shape index (κ1) is 19.5. The van der Waals surface area contributed by atoms with Crippen molar-refractivity contribution in [2.75, 3.05) is 13.1 Å². The van der Waals surface area contributed by atoms with E-state index >= 15 is 0 Å². The van der Waals surface area contributed by atoms with Crippen molar-refractivity contribution in [1.29, 1.82) is 0 Å². The summed E-state index contributed by atoms with van der Waals surface area (Å²) in [6.07, 6.45) is 4.73. The van der Waals surface area contributed by atoms with Crippen LogP contribution in [-0.4, -0.2) is 37.0 Å². The molecule has 1 saturated carbocycles. The first-order chi connectivity index (χ1) is 9.15. The Labute approximate surface area is 139 Å². The number of carbonyl (C=O) groups excluding carboxylic acids is 1. The lowest BCUT2D eigenvalue weighted by Gasteiger charge is -2.16. The number of carbonyl (C=O) groups is 1. The van der Waals surface area contributed by atoms with E-state index in [0.29, 0.717) is 25.0 Å². The van der Waals surface area contributed by atoms with Crippen molar-refractivity contribution in [3.63, 3.8) is 0 Å². The topological polar surface area (TPSA) is 65.5 Å². The number of halogens is 1. The third-order valence-corrected chi connectivity index (χ3v) is 3.11. The van der Waals surface area contributed by atoms with E-state index in [4.69, 9.17) is 0 Å². The second kappa shape index (κ2) is 11.2. The van der Waals surface area contributed by atoms with Gasteiger partial charge in [0.25, 0.3) is 0 Å². The lowest BCUT2D eigenvalue weighted by atomic mass is 10.3. The van der Waals surface area contributed by atoms with Gasteiger partial charge in [0.15, 0.2) is 5.96 Å². The molecule has 1 rings (SSSR count). The fourth-order valence-electron chi connectivity index (χ4n) is 1.61. The van der Waals surface area contributed by atoms with Crippen LogP contribution in [0.3, 0.4) is 0 Å². The standard InChI is InChI=1S/C14H28N4O.HI/c1-4-11(3)17-14(15-5-2)16-10-6-7-13(19)18-12-8-9-12;/h11-12H,4-10H2,1-3H3,(H,18,19)(H2,15,16,17);1H. The highest BCUT2D eigenvalue weighted by molar-refractivity contribution is 14.0. The van der Waals surface area contributed by atoms with Gasteiger partial charge in [0.2, 0.25) is 5.91 Å². The molecule has 1 fully saturated rings. The van der Waals surface area contributed by atoms with Crippen molar-refractivity contribution in [3.8, 4) is 0 Å². The largest absolute Gasteiger partial charge is 0.357 e. The van der Waals surface area contributed by atoms with Crippen LogP contribution in [0.25, 0.3) is 0 Å². The predicted octanol–water partition coefficient (Wildman–Crippen LogP) is 2.02. The average molecular weight is 396 g/mol. The Morgan fingerprint density at radius 2 is 2.05 bits per heavy atom. The first-order valence-electron chi connectivity index (χ1n) is 7.49. The molecule has 1 unspecified atom stereocenters. The van der Waals surface area contributed by atoms with Crippen LogP contribution >= 0.6 is 24.0 Å². The second-order valence-corrected chi connectivity index (χ2v) is 5.16. The van der Waals surface area contributed by atoms with Gasteiger partial charge in [-0.15, -0.1) is 24.0 Å². The second-order valence-electron chi connectivity index (χ2n) is 5.16. The number of hydrogen-bond acceptors (Lipinski definition) is 2. The van der Waals surface area contributed by atoms with Crippen LogP contribution in [0.1, 0.15) is 52.9 Å². The zero-order valence-corrected chi connectivity index (χ0v) is 15.2. The normalized spacial score (nSPS) is 16.1. The Morgan fingerprint density at radius 3 is 2.60 bits per heavy atom. The van der Waals surface area contributed by atoms with E-state index in [2.05, 4.69) is 41.7 Å². The van der Waals surface area contributed by atoms with Crippen molar-refractivity contribution in [3.05, 3.63) is 0 Å². The van der Waals surface area contributed by atoms with Gasteiger partial charge in [-0.2, -0.15) is 0 Å². The van der Waals surface area contributed by atoms with E-state index in [1.807, 2.05) is 0 Å². The van der Waals surface area contributed by atoms with Gasteiger partial charge in [-0.05, 0) is 39.5 Å². The van der Waals surface area contributed by atoms with Crippen LogP contribution in [0.2, 0.25) is 0 Å². The zero-order chi connectivity index (χ0) is 14.1. The van der Waals surface area contributed by atoms with Gasteiger partial charge in [0.05, 0.1) is 0 Å². The summed E-state index contributed by atoms with van der Waals surface area (Å²) in [5, 5.41) is 9.54. The van der Waals surface area contributed by atoms with Crippen molar-refractivity contribution >= 4 is 35.8 Å². The van der Waals surface area contributed by atoms with Crippen LogP contribution in [0, 0.1) is 0 Å². The van der Waals surface area contributed by atoms with Gasteiger partial charge in [-0.3, -0.25) is 9.79 Å². The molecule has 0 aliphatic heterocycles. The molecule has 0 spiro atoms. The molecule has 3 N–H and O–H groups in total. The maximum Gasteiger partial charge on any atom is 0.220 e. The molecule has 118 valence electrons. The van der Waals surface area contributed by atoms with Gasteiger partial charge in [0.1, 0.15) is 0 Å². The Bertz CT molecular complexity index is 306. The quantitative estimate of drug-likeness (QED) is 0.255. The summed E-state index contributed by atoms with van der Waals surface area (Å²) in [6, 6.07) is 0.872. The minimum atomic E-state index is 0. The van der Waals surface area contributed by atoms with Crippen LogP contribution in [-0.2, 0) is 4.79 Å². The third-order valence-electron chi connectivity index (χ3n) is 3.11. The monoisotopic (exact) mass is 396 g/mol. The molecule has 1 aliphatic rings. The molecule has 0 aromatic carbocycles. The van der Waals surface area contributed by atoms with Crippen molar-refractivity contribution in [2.45, 2.75) is 65.0 Å². The number of hydrogen-bond donors (Lipinski definition) is 3.